The van der Waals surface area contributed by atoms with Gasteiger partial charge in [0, 0.05) is 24.7 Å². The molecule has 34 heavy (non-hydrogen) atoms. The van der Waals surface area contributed by atoms with Gasteiger partial charge >= 0.3 is 12.2 Å². The van der Waals surface area contributed by atoms with Crippen molar-refractivity contribution < 1.29 is 32.6 Å². The van der Waals surface area contributed by atoms with E-state index in [9.17, 15) is 13.6 Å². The van der Waals surface area contributed by atoms with E-state index in [0.717, 1.165) is 6.42 Å². The van der Waals surface area contributed by atoms with Gasteiger partial charge in [-0.3, -0.25) is 4.90 Å². The molecule has 0 spiro atoms. The summed E-state index contributed by atoms with van der Waals surface area (Å²) in [5.74, 6) is -0.207. The molecule has 1 aromatic carbocycles. The number of carbonyl (C=O) groups excluding carboxylic acids is 1. The summed E-state index contributed by atoms with van der Waals surface area (Å²) in [6, 6.07) is 3.08. The summed E-state index contributed by atoms with van der Waals surface area (Å²) in [6.45, 7) is 4.95. The van der Waals surface area contributed by atoms with Crippen LogP contribution in [0, 0.1) is 0 Å². The molecule has 3 aromatic rings. The van der Waals surface area contributed by atoms with Crippen molar-refractivity contribution in [3.8, 4) is 16.3 Å². The van der Waals surface area contributed by atoms with E-state index in [1.54, 1.807) is 22.5 Å². The summed E-state index contributed by atoms with van der Waals surface area (Å²) in [4.78, 5) is 24.9. The molecule has 0 radical (unpaired) electrons. The van der Waals surface area contributed by atoms with Crippen molar-refractivity contribution >= 4 is 34.5 Å². The third kappa shape index (κ3) is 4.16. The van der Waals surface area contributed by atoms with E-state index in [-0.39, 0.29) is 41.0 Å². The molecule has 12 heteroatoms. The third-order valence-electron chi connectivity index (χ3n) is 5.67. The van der Waals surface area contributed by atoms with Gasteiger partial charge < -0.3 is 23.9 Å². The van der Waals surface area contributed by atoms with Crippen molar-refractivity contribution in [2.45, 2.75) is 51.0 Å². The van der Waals surface area contributed by atoms with E-state index < -0.39 is 18.3 Å². The number of aliphatic hydroxyl groups excluding tert-OH is 1. The first kappa shape index (κ1) is 22.8. The van der Waals surface area contributed by atoms with Crippen LogP contribution in [-0.4, -0.2) is 69.6 Å². The number of hydrogen-bond acceptors (Lipinski definition) is 9. The predicted molar refractivity (Wildman–Crippen MR) is 120 cm³/mol. The lowest BCUT2D eigenvalue weighted by atomic mass is 9.88. The van der Waals surface area contributed by atoms with Gasteiger partial charge in [0.25, 0.3) is 6.01 Å². The second-order valence-corrected chi connectivity index (χ2v) is 10.3. The molecule has 3 aliphatic heterocycles. The molecule has 3 fully saturated rings. The Morgan fingerprint density at radius 2 is 2.03 bits per heavy atom. The van der Waals surface area contributed by atoms with Crippen LogP contribution in [0.5, 0.6) is 5.75 Å². The van der Waals surface area contributed by atoms with Crippen LogP contribution >= 0.6 is 11.3 Å². The lowest BCUT2D eigenvalue weighted by molar-refractivity contribution is -0.200. The first-order chi connectivity index (χ1) is 16.0. The molecule has 0 aliphatic carbocycles. The van der Waals surface area contributed by atoms with Crippen LogP contribution in [0.25, 0.3) is 21.7 Å². The minimum absolute atomic E-state index is 0.0588. The highest BCUT2D eigenvalue weighted by atomic mass is 32.1. The smallest absolute Gasteiger partial charge is 0.421 e. The Balaban J connectivity index is 1.45. The van der Waals surface area contributed by atoms with Gasteiger partial charge in [-0.1, -0.05) is 0 Å². The van der Waals surface area contributed by atoms with Crippen LogP contribution in [0.2, 0.25) is 0 Å². The zero-order valence-electron chi connectivity index (χ0n) is 18.8. The molecule has 5 heterocycles. The van der Waals surface area contributed by atoms with Crippen molar-refractivity contribution in [2.24, 2.45) is 0 Å². The van der Waals surface area contributed by atoms with Crippen LogP contribution < -0.4 is 9.64 Å². The minimum Gasteiger partial charge on any atom is -0.444 e. The average Bonchev–Trinajstić information content (AvgIpc) is 3.43. The summed E-state index contributed by atoms with van der Waals surface area (Å²) >= 11 is 1.38. The molecule has 0 saturated carbocycles. The number of nitrogens with zero attached hydrogens (tertiary/aromatic N) is 4. The fourth-order valence-electron chi connectivity index (χ4n) is 4.29. The molecule has 6 rings (SSSR count). The molecule has 2 atom stereocenters. The van der Waals surface area contributed by atoms with Crippen molar-refractivity contribution in [1.29, 1.82) is 0 Å². The molecule has 2 unspecified atom stereocenters. The number of carbonyl (C=O) groups is 1. The van der Waals surface area contributed by atoms with Crippen LogP contribution in [0.3, 0.4) is 0 Å². The van der Waals surface area contributed by atoms with Crippen molar-refractivity contribution in [1.82, 2.24) is 14.9 Å². The van der Waals surface area contributed by atoms with Crippen LogP contribution in [0.4, 0.5) is 19.6 Å². The van der Waals surface area contributed by atoms with Crippen LogP contribution in [0.15, 0.2) is 28.1 Å². The number of ether oxygens (including phenoxy) is 2. The van der Waals surface area contributed by atoms with Gasteiger partial charge in [0.1, 0.15) is 17.2 Å². The number of piperidine rings is 1. The van der Waals surface area contributed by atoms with Gasteiger partial charge in [0.05, 0.1) is 17.6 Å². The Bertz CT molecular complexity index is 1200. The number of aromatic nitrogens is 2. The van der Waals surface area contributed by atoms with E-state index in [2.05, 4.69) is 9.97 Å². The van der Waals surface area contributed by atoms with E-state index in [1.165, 1.54) is 17.4 Å². The standard InChI is InChI=1S/C22H24F2N4O5S/c1-21(2,3)33-20(30)28-12-8-13(28)10-27(9-12)19-26-16-15(32-22(23,24)11-29)5-4-14(17(16)31-19)18-25-6-7-34-18/h4-7,12-13,29H,8-11H2,1-3H3. The number of oxazole rings is 1. The van der Waals surface area contributed by atoms with E-state index in [0.29, 0.717) is 23.7 Å². The third-order valence-corrected chi connectivity index (χ3v) is 6.48. The fraction of sp³-hybridized carbons (Fsp3) is 0.500. The van der Waals surface area contributed by atoms with Crippen molar-refractivity contribution in [3.63, 3.8) is 0 Å². The van der Waals surface area contributed by atoms with E-state index >= 15 is 0 Å². The second-order valence-electron chi connectivity index (χ2n) is 9.36. The van der Waals surface area contributed by atoms with Gasteiger partial charge in [0.2, 0.25) is 0 Å². The topological polar surface area (TPSA) is 101 Å². The SMILES string of the molecule is CC(C)(C)OC(=O)N1C2CC1CN(c1nc3c(OC(F)(F)CO)ccc(-c4nccs4)c3o1)C2. The number of aliphatic hydroxyl groups is 1. The molecular formula is C22H24F2N4O5S. The van der Waals surface area contributed by atoms with Gasteiger partial charge in [-0.05, 0) is 39.3 Å². The van der Waals surface area contributed by atoms with Crippen LogP contribution in [0.1, 0.15) is 27.2 Å². The lowest BCUT2D eigenvalue weighted by Crippen LogP contribution is -2.70. The molecule has 1 amide bonds. The monoisotopic (exact) mass is 494 g/mol. The molecule has 2 aromatic heterocycles. The number of hydrogen-bond donors (Lipinski definition) is 1. The Kier molecular flexibility index (Phi) is 5.40. The van der Waals surface area contributed by atoms with Crippen molar-refractivity contribution in [3.05, 3.63) is 23.7 Å². The number of benzene rings is 1. The maximum absolute atomic E-state index is 13.8. The summed E-state index contributed by atoms with van der Waals surface area (Å²) in [5, 5.41) is 11.4. The molecular weight excluding hydrogens is 470 g/mol. The minimum atomic E-state index is -3.77. The number of rotatable bonds is 5. The number of thiazole rings is 1. The highest BCUT2D eigenvalue weighted by Gasteiger charge is 2.49. The molecule has 3 saturated heterocycles. The van der Waals surface area contributed by atoms with Gasteiger partial charge in [-0.15, -0.1) is 11.3 Å². The van der Waals surface area contributed by atoms with Gasteiger partial charge in [-0.2, -0.15) is 13.8 Å². The maximum atomic E-state index is 13.8. The summed E-state index contributed by atoms with van der Waals surface area (Å²) < 4.78 is 43.9. The summed E-state index contributed by atoms with van der Waals surface area (Å²) in [7, 11) is 0. The Morgan fingerprint density at radius 3 is 2.65 bits per heavy atom. The Labute approximate surface area is 197 Å². The van der Waals surface area contributed by atoms with E-state index in [1.807, 2.05) is 25.7 Å². The van der Waals surface area contributed by atoms with Crippen LogP contribution in [-0.2, 0) is 4.74 Å². The molecule has 9 nitrogen and oxygen atoms in total. The average molecular weight is 495 g/mol. The van der Waals surface area contributed by atoms with Crippen molar-refractivity contribution in [2.75, 3.05) is 24.6 Å². The first-order valence-corrected chi connectivity index (χ1v) is 11.7. The second kappa shape index (κ2) is 8.05. The quantitative estimate of drug-likeness (QED) is 0.566. The van der Waals surface area contributed by atoms with Gasteiger partial charge in [0.15, 0.2) is 16.8 Å². The first-order valence-electron chi connectivity index (χ1n) is 10.8. The Morgan fingerprint density at radius 1 is 1.29 bits per heavy atom. The summed E-state index contributed by atoms with van der Waals surface area (Å²) in [5.41, 5.74) is 0.389. The number of fused-ring (bicyclic) bond motifs is 3. The zero-order chi connectivity index (χ0) is 24.3. The highest BCUT2D eigenvalue weighted by Crippen LogP contribution is 2.41. The molecule has 3 aliphatic rings. The molecule has 1 N–H and O–H groups in total. The predicted octanol–water partition coefficient (Wildman–Crippen LogP) is 4.11. The fourth-order valence-corrected chi connectivity index (χ4v) is 4.95. The number of anilines is 1. The number of amides is 1. The normalized spacial score (nSPS) is 20.4. The maximum Gasteiger partial charge on any atom is 0.421 e. The number of halogens is 2. The van der Waals surface area contributed by atoms with E-state index in [4.69, 9.17) is 19.0 Å². The zero-order valence-corrected chi connectivity index (χ0v) is 19.6. The lowest BCUT2D eigenvalue weighted by Gasteiger charge is -2.55. The molecule has 2 bridgehead atoms. The number of alkyl halides is 2. The Hall–Kier alpha value is -2.99. The number of piperazine rings is 1. The molecule has 182 valence electrons. The summed E-state index contributed by atoms with van der Waals surface area (Å²) in [6.07, 6.45) is -1.64. The largest absolute Gasteiger partial charge is 0.444 e. The highest BCUT2D eigenvalue weighted by molar-refractivity contribution is 7.13. The van der Waals surface area contributed by atoms with Gasteiger partial charge in [-0.25, -0.2) is 9.78 Å².